The van der Waals surface area contributed by atoms with E-state index in [0.29, 0.717) is 0 Å². The molecule has 2 aromatic rings. The van der Waals surface area contributed by atoms with Crippen LogP contribution in [0.2, 0.25) is 0 Å². The van der Waals surface area contributed by atoms with Gasteiger partial charge in [0.05, 0.1) is 0 Å². The second-order valence-corrected chi connectivity index (χ2v) is 3.84. The van der Waals surface area contributed by atoms with Gasteiger partial charge in [-0.05, 0) is 22.9 Å². The Balaban J connectivity index is 0.000000165. The van der Waals surface area contributed by atoms with Crippen LogP contribution in [0.25, 0.3) is 0 Å². The van der Waals surface area contributed by atoms with E-state index in [4.69, 9.17) is 0 Å². The summed E-state index contributed by atoms with van der Waals surface area (Å²) in [6, 6.07) is 14.3. The fourth-order valence-electron chi connectivity index (χ4n) is 0.953. The molecule has 2 rings (SSSR count). The number of benzene rings is 1. The lowest BCUT2D eigenvalue weighted by molar-refractivity contribution is 1.13. The molecule has 0 atom stereocenters. The second kappa shape index (κ2) is 6.22. The average molecular weight is 205 g/mol. The lowest BCUT2D eigenvalue weighted by Gasteiger charge is -2.10. The van der Waals surface area contributed by atoms with Crippen LogP contribution in [0.5, 0.6) is 0 Å². The third-order valence-electron chi connectivity index (χ3n) is 1.70. The maximum absolute atomic E-state index is 2.08. The zero-order chi connectivity index (χ0) is 10.2. The van der Waals surface area contributed by atoms with E-state index in [2.05, 4.69) is 17.0 Å². The van der Waals surface area contributed by atoms with Gasteiger partial charge in [0.1, 0.15) is 0 Å². The van der Waals surface area contributed by atoms with Crippen LogP contribution in [-0.4, -0.2) is 14.1 Å². The molecule has 1 aromatic carbocycles. The quantitative estimate of drug-likeness (QED) is 0.688. The zero-order valence-corrected chi connectivity index (χ0v) is 9.37. The van der Waals surface area contributed by atoms with Gasteiger partial charge in [0, 0.05) is 19.8 Å². The van der Waals surface area contributed by atoms with Crippen molar-refractivity contribution in [3.8, 4) is 0 Å². The minimum Gasteiger partial charge on any atom is -0.378 e. The van der Waals surface area contributed by atoms with Crippen LogP contribution in [0.3, 0.4) is 0 Å². The molecule has 0 saturated heterocycles. The Morgan fingerprint density at radius 3 is 1.71 bits per heavy atom. The van der Waals surface area contributed by atoms with Gasteiger partial charge in [0.15, 0.2) is 0 Å². The summed E-state index contributed by atoms with van der Waals surface area (Å²) in [6.45, 7) is 0. The number of nitrogens with zero attached hydrogens (tertiary/aromatic N) is 1. The first kappa shape index (κ1) is 10.8. The maximum atomic E-state index is 2.08. The summed E-state index contributed by atoms with van der Waals surface area (Å²) in [5.41, 5.74) is 1.25. The Labute approximate surface area is 89.6 Å². The number of thiophene rings is 1. The molecule has 0 spiro atoms. The Hall–Kier alpha value is -1.28. The lowest BCUT2D eigenvalue weighted by Crippen LogP contribution is -2.07. The number of anilines is 1. The summed E-state index contributed by atoms with van der Waals surface area (Å²) in [6.07, 6.45) is 0. The van der Waals surface area contributed by atoms with Crippen molar-refractivity contribution in [3.05, 3.63) is 53.2 Å². The van der Waals surface area contributed by atoms with Crippen molar-refractivity contribution in [3.63, 3.8) is 0 Å². The largest absolute Gasteiger partial charge is 0.378 e. The van der Waals surface area contributed by atoms with Crippen molar-refractivity contribution in [1.82, 2.24) is 0 Å². The molecule has 2 heteroatoms. The predicted octanol–water partition coefficient (Wildman–Crippen LogP) is 3.50. The molecule has 0 aliphatic rings. The number of para-hydroxylation sites is 1. The predicted molar refractivity (Wildman–Crippen MR) is 65.1 cm³/mol. The highest BCUT2D eigenvalue weighted by atomic mass is 32.1. The monoisotopic (exact) mass is 205 g/mol. The molecular weight excluding hydrogens is 190 g/mol. The molecule has 0 bridgehead atoms. The van der Waals surface area contributed by atoms with E-state index in [0.717, 1.165) is 0 Å². The highest BCUT2D eigenvalue weighted by molar-refractivity contribution is 7.07. The van der Waals surface area contributed by atoms with Gasteiger partial charge in [-0.2, -0.15) is 11.3 Å². The van der Waals surface area contributed by atoms with Gasteiger partial charge in [-0.3, -0.25) is 0 Å². The third-order valence-corrected chi connectivity index (χ3v) is 2.33. The minimum atomic E-state index is 1.25. The molecule has 0 fully saturated rings. The number of hydrogen-bond acceptors (Lipinski definition) is 2. The van der Waals surface area contributed by atoms with Crippen molar-refractivity contribution >= 4 is 17.0 Å². The van der Waals surface area contributed by atoms with Gasteiger partial charge >= 0.3 is 0 Å². The first-order valence-corrected chi connectivity index (χ1v) is 5.44. The van der Waals surface area contributed by atoms with Crippen LogP contribution in [-0.2, 0) is 0 Å². The van der Waals surface area contributed by atoms with E-state index in [1.54, 1.807) is 11.3 Å². The Morgan fingerprint density at radius 1 is 0.857 bits per heavy atom. The Kier molecular flexibility index (Phi) is 4.79. The van der Waals surface area contributed by atoms with Crippen LogP contribution >= 0.6 is 11.3 Å². The van der Waals surface area contributed by atoms with Gasteiger partial charge in [-0.1, -0.05) is 30.3 Å². The summed E-state index contributed by atoms with van der Waals surface area (Å²) in [7, 11) is 4.07. The maximum Gasteiger partial charge on any atom is 0.0360 e. The third kappa shape index (κ3) is 4.10. The standard InChI is InChI=1S/C8H11N.C4H4S/c1-9(2)8-6-4-3-5-7-8;1-2-4-5-3-1/h3-7H,1-2H3;1-4H. The molecule has 1 heterocycles. The van der Waals surface area contributed by atoms with Gasteiger partial charge in [0.25, 0.3) is 0 Å². The smallest absolute Gasteiger partial charge is 0.0360 e. The summed E-state index contributed by atoms with van der Waals surface area (Å²) in [5.74, 6) is 0. The zero-order valence-electron chi connectivity index (χ0n) is 8.55. The van der Waals surface area contributed by atoms with Crippen molar-refractivity contribution in [2.75, 3.05) is 19.0 Å². The van der Waals surface area contributed by atoms with Gasteiger partial charge in [0.2, 0.25) is 0 Å². The summed E-state index contributed by atoms with van der Waals surface area (Å²) in [4.78, 5) is 2.08. The molecule has 74 valence electrons. The molecule has 1 aromatic heterocycles. The first-order chi connectivity index (χ1) is 6.80. The first-order valence-electron chi connectivity index (χ1n) is 4.50. The average Bonchev–Trinajstić information content (AvgIpc) is 2.77. The van der Waals surface area contributed by atoms with Gasteiger partial charge < -0.3 is 4.90 Å². The van der Waals surface area contributed by atoms with Crippen LogP contribution in [0, 0.1) is 0 Å². The molecule has 0 N–H and O–H groups in total. The summed E-state index contributed by atoms with van der Waals surface area (Å²) >= 11 is 1.71. The van der Waals surface area contributed by atoms with Crippen LogP contribution in [0.15, 0.2) is 53.2 Å². The Bertz CT molecular complexity index is 296. The van der Waals surface area contributed by atoms with E-state index < -0.39 is 0 Å². The van der Waals surface area contributed by atoms with Crippen molar-refractivity contribution < 1.29 is 0 Å². The van der Waals surface area contributed by atoms with Gasteiger partial charge in [-0.25, -0.2) is 0 Å². The highest BCUT2D eigenvalue weighted by Gasteiger charge is 1.87. The van der Waals surface area contributed by atoms with Crippen molar-refractivity contribution in [2.24, 2.45) is 0 Å². The Morgan fingerprint density at radius 2 is 1.43 bits per heavy atom. The van der Waals surface area contributed by atoms with Gasteiger partial charge in [-0.15, -0.1) is 0 Å². The van der Waals surface area contributed by atoms with E-state index in [9.17, 15) is 0 Å². The SMILES string of the molecule is CN(C)c1ccccc1.c1ccsc1. The van der Waals surface area contributed by atoms with Crippen LogP contribution in [0.1, 0.15) is 0 Å². The molecule has 0 unspecified atom stereocenters. The molecule has 0 radical (unpaired) electrons. The molecular formula is C12H15NS. The van der Waals surface area contributed by atoms with Crippen LogP contribution in [0.4, 0.5) is 5.69 Å². The number of hydrogen-bond donors (Lipinski definition) is 0. The fourth-order valence-corrected chi connectivity index (χ4v) is 1.41. The summed E-state index contributed by atoms with van der Waals surface area (Å²) in [5, 5.41) is 4.08. The van der Waals surface area contributed by atoms with Crippen molar-refractivity contribution in [2.45, 2.75) is 0 Å². The minimum absolute atomic E-state index is 1.25. The molecule has 0 aliphatic carbocycles. The second-order valence-electron chi connectivity index (χ2n) is 3.02. The van der Waals surface area contributed by atoms with E-state index >= 15 is 0 Å². The van der Waals surface area contributed by atoms with Crippen LogP contribution < -0.4 is 4.90 Å². The number of rotatable bonds is 1. The molecule has 1 nitrogen and oxygen atoms in total. The molecule has 14 heavy (non-hydrogen) atoms. The molecule has 0 aliphatic heterocycles. The van der Waals surface area contributed by atoms with E-state index in [-0.39, 0.29) is 0 Å². The highest BCUT2D eigenvalue weighted by Crippen LogP contribution is 2.07. The summed E-state index contributed by atoms with van der Waals surface area (Å²) < 4.78 is 0. The lowest BCUT2D eigenvalue weighted by atomic mass is 10.3. The van der Waals surface area contributed by atoms with E-state index in [1.807, 2.05) is 55.2 Å². The normalized spacial score (nSPS) is 8.71. The van der Waals surface area contributed by atoms with Crippen molar-refractivity contribution in [1.29, 1.82) is 0 Å². The topological polar surface area (TPSA) is 3.24 Å². The molecule has 0 amide bonds. The fraction of sp³-hybridized carbons (Fsp3) is 0.167. The molecule has 0 saturated carbocycles. The van der Waals surface area contributed by atoms with E-state index in [1.165, 1.54) is 5.69 Å².